The summed E-state index contributed by atoms with van der Waals surface area (Å²) in [5, 5.41) is 3.70. The highest BCUT2D eigenvalue weighted by molar-refractivity contribution is 5.97. The Morgan fingerprint density at radius 2 is 1.77 bits per heavy atom. The molecule has 0 aliphatic carbocycles. The number of nitrogens with one attached hydrogen (secondary N) is 1. The number of hydrogen-bond acceptors (Lipinski definition) is 6. The van der Waals surface area contributed by atoms with Gasteiger partial charge in [0.25, 0.3) is 11.9 Å². The molecule has 214 valence electrons. The van der Waals surface area contributed by atoms with Crippen molar-refractivity contribution in [2.45, 2.75) is 63.8 Å². The predicted molar refractivity (Wildman–Crippen MR) is 143 cm³/mol. The van der Waals surface area contributed by atoms with Crippen molar-refractivity contribution in [3.63, 3.8) is 0 Å². The van der Waals surface area contributed by atoms with Crippen molar-refractivity contribution in [1.29, 1.82) is 0 Å². The van der Waals surface area contributed by atoms with Crippen molar-refractivity contribution in [2.24, 2.45) is 10.7 Å². The first kappa shape index (κ1) is 28.9. The normalized spacial score (nSPS) is 20.4. The fourth-order valence-corrected chi connectivity index (χ4v) is 5.38. The summed E-state index contributed by atoms with van der Waals surface area (Å²) in [7, 11) is 1.37. The summed E-state index contributed by atoms with van der Waals surface area (Å²) in [6, 6.07) is 4.48. The molecule has 2 saturated heterocycles. The number of ether oxygens (including phenoxy) is 2. The van der Waals surface area contributed by atoms with E-state index in [9.17, 15) is 18.0 Å². The van der Waals surface area contributed by atoms with Gasteiger partial charge in [0, 0.05) is 62.7 Å². The Morgan fingerprint density at radius 3 is 2.41 bits per heavy atom. The summed E-state index contributed by atoms with van der Waals surface area (Å²) in [6.45, 7) is 9.43. The van der Waals surface area contributed by atoms with Gasteiger partial charge in [-0.05, 0) is 62.3 Å². The maximum atomic E-state index is 13.7. The van der Waals surface area contributed by atoms with E-state index in [-0.39, 0.29) is 24.2 Å². The highest BCUT2D eigenvalue weighted by atomic mass is 19.4. The van der Waals surface area contributed by atoms with Gasteiger partial charge < -0.3 is 30.3 Å². The van der Waals surface area contributed by atoms with Crippen molar-refractivity contribution < 1.29 is 27.4 Å². The van der Waals surface area contributed by atoms with E-state index in [2.05, 4.69) is 16.9 Å². The van der Waals surface area contributed by atoms with Gasteiger partial charge in [-0.25, -0.2) is 0 Å². The lowest BCUT2D eigenvalue weighted by molar-refractivity contribution is -0.137. The fourth-order valence-electron chi connectivity index (χ4n) is 5.38. The number of alkyl halides is 3. The maximum absolute atomic E-state index is 13.7. The minimum absolute atomic E-state index is 0.130. The third-order valence-electron chi connectivity index (χ3n) is 7.82. The molecule has 8 nitrogen and oxygen atoms in total. The molecule has 0 radical (unpaired) electrons. The average molecular weight is 550 g/mol. The molecule has 3 N–H and O–H groups in total. The zero-order chi connectivity index (χ0) is 28.2. The van der Waals surface area contributed by atoms with E-state index in [0.717, 1.165) is 50.5 Å². The molecule has 3 heterocycles. The first-order chi connectivity index (χ1) is 18.6. The Morgan fingerprint density at radius 1 is 1.10 bits per heavy atom. The molecule has 0 bridgehead atoms. The molecule has 1 aromatic carbocycles. The molecule has 39 heavy (non-hydrogen) atoms. The smallest absolute Gasteiger partial charge is 0.416 e. The molecule has 1 aromatic rings. The molecule has 3 aliphatic rings. The molecular formula is C28H38F3N5O3. The van der Waals surface area contributed by atoms with Crippen LogP contribution in [-0.2, 0) is 33.4 Å². The van der Waals surface area contributed by atoms with Gasteiger partial charge in [0.05, 0.1) is 12.7 Å². The van der Waals surface area contributed by atoms with Crippen LogP contribution in [0.4, 0.5) is 13.2 Å². The first-order valence-corrected chi connectivity index (χ1v) is 13.4. The fraction of sp³-hybridized carbons (Fsp3) is 0.571. The summed E-state index contributed by atoms with van der Waals surface area (Å²) in [4.78, 5) is 21.6. The van der Waals surface area contributed by atoms with Crippen molar-refractivity contribution in [1.82, 2.24) is 15.1 Å². The Hall–Kier alpha value is -3.05. The van der Waals surface area contributed by atoms with Crippen LogP contribution in [0.3, 0.4) is 0 Å². The number of likely N-dealkylation sites (tertiary alicyclic amines) is 1. The van der Waals surface area contributed by atoms with E-state index < -0.39 is 11.7 Å². The number of halogens is 3. The maximum Gasteiger partial charge on any atom is 0.416 e. The lowest BCUT2D eigenvalue weighted by Crippen LogP contribution is -2.49. The minimum atomic E-state index is -4.41. The monoisotopic (exact) mass is 549 g/mol. The second-order valence-corrected chi connectivity index (χ2v) is 10.3. The van der Waals surface area contributed by atoms with Crippen LogP contribution >= 0.6 is 0 Å². The van der Waals surface area contributed by atoms with Gasteiger partial charge in [0.1, 0.15) is 5.70 Å². The number of fused-ring (bicyclic) bond motifs is 1. The molecule has 0 saturated carbocycles. The van der Waals surface area contributed by atoms with Gasteiger partial charge in [-0.2, -0.15) is 18.2 Å². The first-order valence-electron chi connectivity index (χ1n) is 13.4. The van der Waals surface area contributed by atoms with E-state index in [1.807, 2.05) is 4.90 Å². The number of amidine groups is 1. The molecular weight excluding hydrogens is 511 g/mol. The molecule has 0 atom stereocenters. The van der Waals surface area contributed by atoms with Crippen LogP contribution in [0.15, 0.2) is 46.7 Å². The lowest BCUT2D eigenvalue weighted by atomic mass is 9.96. The Bertz CT molecular complexity index is 1120. The number of allylic oxidation sites excluding steroid dienone is 1. The third-order valence-corrected chi connectivity index (χ3v) is 7.82. The molecule has 3 aliphatic heterocycles. The number of amides is 1. The highest BCUT2D eigenvalue weighted by Gasteiger charge is 2.33. The van der Waals surface area contributed by atoms with Crippen molar-refractivity contribution in [2.75, 3.05) is 40.0 Å². The molecule has 0 spiro atoms. The van der Waals surface area contributed by atoms with Crippen LogP contribution in [-0.4, -0.2) is 73.8 Å². The summed E-state index contributed by atoms with van der Waals surface area (Å²) in [5.41, 5.74) is 7.81. The zero-order valence-electron chi connectivity index (χ0n) is 22.6. The number of carbonyl (C=O) groups is 1. The second kappa shape index (κ2) is 12.4. The van der Waals surface area contributed by atoms with Crippen LogP contribution < -0.4 is 11.1 Å². The van der Waals surface area contributed by atoms with Crippen molar-refractivity contribution in [3.05, 3.63) is 58.4 Å². The topological polar surface area (TPSA) is 92.4 Å². The average Bonchev–Trinajstić information content (AvgIpc) is 2.94. The zero-order valence-corrected chi connectivity index (χ0v) is 22.6. The van der Waals surface area contributed by atoms with Crippen LogP contribution in [0.2, 0.25) is 0 Å². The Kier molecular flexibility index (Phi) is 9.22. The second-order valence-electron chi connectivity index (χ2n) is 10.3. The largest absolute Gasteiger partial charge is 0.469 e. The standard InChI is InChI=1S/C28H38F3N5O3/c1-18(19(2)36-11-6-20-4-5-22(28(29,30)31)16-21(20)17-36)25(34-27(32)38-3)26(37)35-12-7-23(8-13-35)33-24-9-14-39-15-10-24/h4-5,16,23-24,33H,2,6-15,17H2,1,3H3,(H2,32,34)/b25-18-. The lowest BCUT2D eigenvalue weighted by Gasteiger charge is -2.36. The molecule has 2 fully saturated rings. The molecule has 0 aromatic heterocycles. The summed E-state index contributed by atoms with van der Waals surface area (Å²) in [5.74, 6) is -0.269. The van der Waals surface area contributed by atoms with E-state index in [4.69, 9.17) is 15.2 Å². The van der Waals surface area contributed by atoms with Gasteiger partial charge in [-0.15, -0.1) is 0 Å². The number of piperidine rings is 1. The third kappa shape index (κ3) is 7.13. The van der Waals surface area contributed by atoms with Crippen molar-refractivity contribution >= 4 is 11.9 Å². The van der Waals surface area contributed by atoms with Gasteiger partial charge in [-0.1, -0.05) is 12.6 Å². The Balaban J connectivity index is 1.48. The highest BCUT2D eigenvalue weighted by Crippen LogP contribution is 2.33. The molecule has 1 amide bonds. The number of methoxy groups -OCH3 is 1. The van der Waals surface area contributed by atoms with E-state index in [1.165, 1.54) is 13.2 Å². The van der Waals surface area contributed by atoms with Crippen LogP contribution in [0, 0.1) is 0 Å². The summed E-state index contributed by atoms with van der Waals surface area (Å²) >= 11 is 0. The van der Waals surface area contributed by atoms with E-state index >= 15 is 0 Å². The van der Waals surface area contributed by atoms with Gasteiger partial charge >= 0.3 is 6.18 Å². The van der Waals surface area contributed by atoms with E-state index in [1.54, 1.807) is 17.9 Å². The minimum Gasteiger partial charge on any atom is -0.469 e. The quantitative estimate of drug-likeness (QED) is 0.244. The number of aliphatic imine (C=N–C) groups is 1. The van der Waals surface area contributed by atoms with Gasteiger partial charge in [0.15, 0.2) is 0 Å². The SMILES string of the molecule is C=C(/C(C)=C(\N=C(N)OC)C(=O)N1CCC(NC2CCOCC2)CC1)N1CCc2ccc(C(F)(F)F)cc2C1. The van der Waals surface area contributed by atoms with Crippen LogP contribution in [0.5, 0.6) is 0 Å². The number of hydrogen-bond donors (Lipinski definition) is 2. The van der Waals surface area contributed by atoms with E-state index in [0.29, 0.717) is 55.0 Å². The summed E-state index contributed by atoms with van der Waals surface area (Å²) in [6.07, 6.45) is -0.202. The van der Waals surface area contributed by atoms with Gasteiger partial charge in [0.2, 0.25) is 0 Å². The Labute approximate surface area is 227 Å². The molecule has 0 unspecified atom stereocenters. The number of nitrogens with zero attached hydrogens (tertiary/aromatic N) is 3. The predicted octanol–water partition coefficient (Wildman–Crippen LogP) is 3.57. The van der Waals surface area contributed by atoms with Crippen LogP contribution in [0.1, 0.15) is 49.3 Å². The molecule has 11 heteroatoms. The number of nitrogens with two attached hydrogens (primary N) is 1. The number of rotatable bonds is 6. The van der Waals surface area contributed by atoms with Crippen LogP contribution in [0.25, 0.3) is 0 Å². The number of benzene rings is 1. The molecule has 4 rings (SSSR count). The van der Waals surface area contributed by atoms with Crippen molar-refractivity contribution in [3.8, 4) is 0 Å². The van der Waals surface area contributed by atoms with Gasteiger partial charge in [-0.3, -0.25) is 4.79 Å². The summed E-state index contributed by atoms with van der Waals surface area (Å²) < 4.78 is 50.3. The number of carbonyl (C=O) groups excluding carboxylic acids is 1.